The summed E-state index contributed by atoms with van der Waals surface area (Å²) >= 11 is 1.38. The van der Waals surface area contributed by atoms with Gasteiger partial charge in [0.1, 0.15) is 5.82 Å². The molecule has 0 unspecified atom stereocenters. The molecule has 28 heavy (non-hydrogen) atoms. The van der Waals surface area contributed by atoms with Gasteiger partial charge in [-0.15, -0.1) is 10.2 Å². The van der Waals surface area contributed by atoms with Crippen molar-refractivity contribution in [2.24, 2.45) is 0 Å². The van der Waals surface area contributed by atoms with E-state index in [9.17, 15) is 9.18 Å². The molecule has 0 amide bonds. The quantitative estimate of drug-likeness (QED) is 0.405. The summed E-state index contributed by atoms with van der Waals surface area (Å²) in [7, 11) is 0. The lowest BCUT2D eigenvalue weighted by atomic mass is 9.95. The minimum Gasteiger partial charge on any atom is -0.299 e. The fourth-order valence-corrected chi connectivity index (χ4v) is 4.61. The van der Waals surface area contributed by atoms with E-state index < -0.39 is 0 Å². The van der Waals surface area contributed by atoms with Crippen molar-refractivity contribution >= 4 is 17.5 Å². The summed E-state index contributed by atoms with van der Waals surface area (Å²) in [6.45, 7) is 0. The molecule has 0 bridgehead atoms. The summed E-state index contributed by atoms with van der Waals surface area (Å²) in [6, 6.07) is 16.2. The third-order valence-electron chi connectivity index (χ3n) is 5.15. The molecule has 1 heterocycles. The minimum atomic E-state index is -0.302. The van der Waals surface area contributed by atoms with Crippen molar-refractivity contribution in [2.45, 2.75) is 43.3 Å². The summed E-state index contributed by atoms with van der Waals surface area (Å²) in [4.78, 5) is 12.5. The van der Waals surface area contributed by atoms with Crippen molar-refractivity contribution < 1.29 is 9.18 Å². The van der Waals surface area contributed by atoms with Gasteiger partial charge in [-0.2, -0.15) is 0 Å². The molecule has 1 aliphatic rings. The van der Waals surface area contributed by atoms with Gasteiger partial charge >= 0.3 is 0 Å². The largest absolute Gasteiger partial charge is 0.299 e. The van der Waals surface area contributed by atoms with Crippen LogP contribution >= 0.6 is 11.8 Å². The molecule has 3 aromatic rings. The predicted molar refractivity (Wildman–Crippen MR) is 109 cm³/mol. The molecule has 1 aromatic heterocycles. The third-order valence-corrected chi connectivity index (χ3v) is 6.09. The van der Waals surface area contributed by atoms with Crippen LogP contribution in [0.4, 0.5) is 4.39 Å². The number of hydrogen-bond donors (Lipinski definition) is 0. The Morgan fingerprint density at radius 1 is 1.00 bits per heavy atom. The highest BCUT2D eigenvalue weighted by Crippen LogP contribution is 2.36. The number of carbonyl (C=O) groups is 1. The van der Waals surface area contributed by atoms with Crippen LogP contribution in [0.25, 0.3) is 11.4 Å². The zero-order chi connectivity index (χ0) is 19.3. The zero-order valence-corrected chi connectivity index (χ0v) is 16.4. The summed E-state index contributed by atoms with van der Waals surface area (Å²) in [5.41, 5.74) is 1.15. The van der Waals surface area contributed by atoms with Crippen LogP contribution in [-0.4, -0.2) is 26.3 Å². The molecular formula is C22H22FN3OS. The van der Waals surface area contributed by atoms with E-state index in [2.05, 4.69) is 14.8 Å². The van der Waals surface area contributed by atoms with Gasteiger partial charge in [0.2, 0.25) is 0 Å². The molecule has 0 aliphatic heterocycles. The van der Waals surface area contributed by atoms with Crippen LogP contribution in [-0.2, 0) is 0 Å². The monoisotopic (exact) mass is 395 g/mol. The zero-order valence-electron chi connectivity index (χ0n) is 15.6. The molecule has 144 valence electrons. The van der Waals surface area contributed by atoms with Gasteiger partial charge in [0.05, 0.1) is 11.3 Å². The molecule has 4 nitrogen and oxygen atoms in total. The molecule has 0 atom stereocenters. The highest BCUT2D eigenvalue weighted by molar-refractivity contribution is 7.99. The average molecular weight is 396 g/mol. The van der Waals surface area contributed by atoms with E-state index in [1.807, 2.05) is 36.4 Å². The maximum Gasteiger partial charge on any atom is 0.192 e. The van der Waals surface area contributed by atoms with Crippen molar-refractivity contribution in [3.63, 3.8) is 0 Å². The fraction of sp³-hybridized carbons (Fsp3) is 0.318. The molecule has 0 saturated heterocycles. The number of carbonyl (C=O) groups excluding carboxylic acids is 1. The molecule has 4 rings (SSSR count). The topological polar surface area (TPSA) is 47.8 Å². The summed E-state index contributed by atoms with van der Waals surface area (Å²) in [6.07, 6.45) is 5.57. The third kappa shape index (κ3) is 4.02. The number of hydrogen-bond acceptors (Lipinski definition) is 4. The van der Waals surface area contributed by atoms with Gasteiger partial charge in [-0.25, -0.2) is 4.39 Å². The first kappa shape index (κ1) is 18.9. The van der Waals surface area contributed by atoms with Gasteiger partial charge < -0.3 is 0 Å². The SMILES string of the molecule is O=C(CSc1nnc(-c2ccccc2F)n1C1CCCCC1)c1ccccc1. The molecule has 6 heteroatoms. The fourth-order valence-electron chi connectivity index (χ4n) is 3.71. The predicted octanol–water partition coefficient (Wildman–Crippen LogP) is 5.56. The first-order valence-electron chi connectivity index (χ1n) is 9.65. The lowest BCUT2D eigenvalue weighted by molar-refractivity contribution is 0.102. The van der Waals surface area contributed by atoms with Crippen LogP contribution in [0, 0.1) is 5.82 Å². The van der Waals surface area contributed by atoms with E-state index in [0.717, 1.165) is 25.7 Å². The Balaban J connectivity index is 1.63. The van der Waals surface area contributed by atoms with Crippen LogP contribution in [0.2, 0.25) is 0 Å². The molecule has 0 spiro atoms. The Labute approximate surface area is 168 Å². The van der Waals surface area contributed by atoms with E-state index in [0.29, 0.717) is 22.1 Å². The smallest absolute Gasteiger partial charge is 0.192 e. The maximum atomic E-state index is 14.4. The molecule has 1 fully saturated rings. The van der Waals surface area contributed by atoms with Crippen LogP contribution in [0.15, 0.2) is 59.8 Å². The Hall–Kier alpha value is -2.47. The molecule has 1 aliphatic carbocycles. The van der Waals surface area contributed by atoms with Gasteiger partial charge in [0, 0.05) is 11.6 Å². The summed E-state index contributed by atoms with van der Waals surface area (Å²) in [5.74, 6) is 0.589. The first-order valence-corrected chi connectivity index (χ1v) is 10.6. The Kier molecular flexibility index (Phi) is 5.86. The van der Waals surface area contributed by atoms with Crippen molar-refractivity contribution in [1.29, 1.82) is 0 Å². The second-order valence-corrected chi connectivity index (χ2v) is 7.97. The number of rotatable bonds is 6. The van der Waals surface area contributed by atoms with Gasteiger partial charge in [-0.05, 0) is 25.0 Å². The van der Waals surface area contributed by atoms with Gasteiger partial charge in [0.25, 0.3) is 0 Å². The van der Waals surface area contributed by atoms with E-state index in [-0.39, 0.29) is 23.4 Å². The molecule has 2 aromatic carbocycles. The highest BCUT2D eigenvalue weighted by Gasteiger charge is 2.25. The second kappa shape index (κ2) is 8.69. The van der Waals surface area contributed by atoms with Gasteiger partial charge in [0.15, 0.2) is 16.8 Å². The lowest BCUT2D eigenvalue weighted by Crippen LogP contribution is -2.16. The van der Waals surface area contributed by atoms with Crippen LogP contribution in [0.3, 0.4) is 0 Å². The Morgan fingerprint density at radius 2 is 1.71 bits per heavy atom. The number of Topliss-reactive ketones (excluding diaryl/α,β-unsaturated/α-hetero) is 1. The Morgan fingerprint density at radius 3 is 2.46 bits per heavy atom. The average Bonchev–Trinajstić information content (AvgIpc) is 3.17. The Bertz CT molecular complexity index is 951. The lowest BCUT2D eigenvalue weighted by Gasteiger charge is -2.25. The van der Waals surface area contributed by atoms with Gasteiger partial charge in [-0.1, -0.05) is 73.5 Å². The standard InChI is InChI=1S/C22H22FN3OS/c23-19-14-8-7-13-18(19)21-24-25-22(26(21)17-11-5-2-6-12-17)28-15-20(27)16-9-3-1-4-10-16/h1,3-4,7-10,13-14,17H,2,5-6,11-12,15H2. The maximum absolute atomic E-state index is 14.4. The number of thioether (sulfide) groups is 1. The molecule has 0 radical (unpaired) electrons. The van der Waals surface area contributed by atoms with E-state index in [4.69, 9.17) is 0 Å². The van der Waals surface area contributed by atoms with E-state index in [1.165, 1.54) is 24.2 Å². The van der Waals surface area contributed by atoms with Gasteiger partial charge in [-0.3, -0.25) is 9.36 Å². The number of benzene rings is 2. The summed E-state index contributed by atoms with van der Waals surface area (Å²) in [5, 5.41) is 9.33. The van der Waals surface area contributed by atoms with Crippen molar-refractivity contribution in [3.8, 4) is 11.4 Å². The molecular weight excluding hydrogens is 373 g/mol. The minimum absolute atomic E-state index is 0.0521. The van der Waals surface area contributed by atoms with Crippen molar-refractivity contribution in [3.05, 3.63) is 66.0 Å². The van der Waals surface area contributed by atoms with E-state index >= 15 is 0 Å². The van der Waals surface area contributed by atoms with Crippen LogP contribution < -0.4 is 0 Å². The number of nitrogens with zero attached hydrogens (tertiary/aromatic N) is 3. The highest BCUT2D eigenvalue weighted by atomic mass is 32.2. The van der Waals surface area contributed by atoms with Crippen molar-refractivity contribution in [2.75, 3.05) is 5.75 Å². The first-order chi connectivity index (χ1) is 13.7. The second-order valence-electron chi connectivity index (χ2n) is 7.03. The normalized spacial score (nSPS) is 14.9. The molecule has 0 N–H and O–H groups in total. The molecule has 1 saturated carbocycles. The number of ketones is 1. The van der Waals surface area contributed by atoms with Crippen LogP contribution in [0.1, 0.15) is 48.5 Å². The van der Waals surface area contributed by atoms with E-state index in [1.54, 1.807) is 12.1 Å². The number of halogens is 1. The summed E-state index contributed by atoms with van der Waals surface area (Å²) < 4.78 is 16.5. The van der Waals surface area contributed by atoms with Crippen LogP contribution in [0.5, 0.6) is 0 Å². The van der Waals surface area contributed by atoms with Crippen molar-refractivity contribution in [1.82, 2.24) is 14.8 Å². The number of aromatic nitrogens is 3.